The molecule has 0 fully saturated rings. The molecule has 0 saturated carbocycles. The van der Waals surface area contributed by atoms with E-state index in [0.29, 0.717) is 11.1 Å². The number of aromatic hydroxyl groups is 1. The van der Waals surface area contributed by atoms with Gasteiger partial charge in [-0.2, -0.15) is 0 Å². The van der Waals surface area contributed by atoms with Crippen molar-refractivity contribution in [2.45, 2.75) is 82.2 Å². The average Bonchev–Trinajstić information content (AvgIpc) is 3.66. The molecule has 0 radical (unpaired) electrons. The number of hydrogen-bond acceptors (Lipinski definition) is 10. The lowest BCUT2D eigenvalue weighted by molar-refractivity contribution is -0.141. The average molecular weight is 870 g/mol. The van der Waals surface area contributed by atoms with E-state index in [-0.39, 0.29) is 50.4 Å². The van der Waals surface area contributed by atoms with Crippen molar-refractivity contribution >= 4 is 58.3 Å². The van der Waals surface area contributed by atoms with E-state index in [4.69, 9.17) is 17.2 Å². The van der Waals surface area contributed by atoms with Crippen LogP contribution in [-0.2, 0) is 52.8 Å². The number of aliphatic carboxylic acids is 1. The van der Waals surface area contributed by atoms with Gasteiger partial charge in [-0.05, 0) is 61.6 Å². The van der Waals surface area contributed by atoms with Crippen molar-refractivity contribution in [3.05, 3.63) is 102 Å². The number of phenols is 1. The van der Waals surface area contributed by atoms with E-state index in [1.165, 1.54) is 38.1 Å². The Kier molecular flexibility index (Phi) is 18.0. The van der Waals surface area contributed by atoms with Crippen LogP contribution in [0.4, 0.5) is 0 Å². The van der Waals surface area contributed by atoms with Crippen molar-refractivity contribution in [3.63, 3.8) is 0 Å². The van der Waals surface area contributed by atoms with Crippen LogP contribution < -0.4 is 49.1 Å². The second kappa shape index (κ2) is 23.5. The Hall–Kier alpha value is -7.48. The number of guanidine groups is 1. The predicted octanol–water partition coefficient (Wildman–Crippen LogP) is -1.05. The second-order valence-corrected chi connectivity index (χ2v) is 15.0. The van der Waals surface area contributed by atoms with Gasteiger partial charge in [-0.15, -0.1) is 0 Å². The van der Waals surface area contributed by atoms with Crippen LogP contribution in [-0.4, -0.2) is 112 Å². The first-order valence-corrected chi connectivity index (χ1v) is 20.2. The molecule has 1 heterocycles. The highest BCUT2D eigenvalue weighted by molar-refractivity contribution is 5.97. The van der Waals surface area contributed by atoms with Gasteiger partial charge in [0.05, 0.1) is 12.6 Å². The molecule has 15 N–H and O–H groups in total. The van der Waals surface area contributed by atoms with Crippen LogP contribution in [0, 0.1) is 0 Å². The second-order valence-electron chi connectivity index (χ2n) is 15.0. The van der Waals surface area contributed by atoms with Crippen molar-refractivity contribution in [2.24, 2.45) is 22.2 Å². The number of benzene rings is 3. The standard InChI is InChI=1S/C43H55N11O9/c1-24(44)37(57)52-33(19-26-9-4-3-5-10-26)38(58)49-23-36(56)51-32(13-8-18-47-43(45)46)39(59)54-35(21-28-22-48-31-12-7-6-11-30(28)31)41(61)53-34(40(60)50-25(2)42(62)63)20-27-14-16-29(55)17-15-27/h3-7,9-12,14-17,22,24-25,32-35,48,55H,8,13,18-21,23,44H2,1-2H3,(H,49,58)(H,50,60)(H,51,56)(H,52,57)(H,53,61)(H,54,59)(H,62,63)(H4,45,46,47)/t24-,25-,32-,33-,34-,35-/m0/s1. The fourth-order valence-electron chi connectivity index (χ4n) is 6.40. The SMILES string of the molecule is C[C@H](N)C(=O)N[C@@H](Cc1ccccc1)C(=O)NCC(=O)N[C@@H](CCCN=C(N)N)C(=O)N[C@@H](Cc1c[nH]c2ccccc12)C(=O)N[C@@H](Cc1ccc(O)cc1)C(=O)N[C@@H](C)C(=O)O. The van der Waals surface area contributed by atoms with Gasteiger partial charge in [0.1, 0.15) is 36.0 Å². The summed E-state index contributed by atoms with van der Waals surface area (Å²) < 4.78 is 0. The lowest BCUT2D eigenvalue weighted by atomic mass is 10.0. The monoisotopic (exact) mass is 869 g/mol. The topological polar surface area (TPSA) is 338 Å². The summed E-state index contributed by atoms with van der Waals surface area (Å²) in [6.07, 6.45) is 1.73. The third kappa shape index (κ3) is 15.5. The minimum atomic E-state index is -1.37. The number of hydrogen-bond donors (Lipinski definition) is 12. The Morgan fingerprint density at radius 2 is 1.22 bits per heavy atom. The van der Waals surface area contributed by atoms with Gasteiger partial charge in [0.15, 0.2) is 5.96 Å². The number of amides is 6. The number of carbonyl (C=O) groups excluding carboxylic acids is 6. The summed E-state index contributed by atoms with van der Waals surface area (Å²) in [5.41, 5.74) is 19.3. The van der Waals surface area contributed by atoms with Crippen LogP contribution in [0.5, 0.6) is 5.75 Å². The van der Waals surface area contributed by atoms with Crippen LogP contribution in [0.2, 0.25) is 0 Å². The smallest absolute Gasteiger partial charge is 0.325 e. The van der Waals surface area contributed by atoms with E-state index in [1.807, 2.05) is 18.2 Å². The molecular weight excluding hydrogens is 815 g/mol. The third-order valence-electron chi connectivity index (χ3n) is 9.82. The molecule has 20 heteroatoms. The minimum absolute atomic E-state index is 0.0240. The lowest BCUT2D eigenvalue weighted by Gasteiger charge is -2.26. The Morgan fingerprint density at radius 1 is 0.667 bits per heavy atom. The number of aromatic nitrogens is 1. The van der Waals surface area contributed by atoms with Crippen LogP contribution in [0.3, 0.4) is 0 Å². The number of carbonyl (C=O) groups is 7. The highest BCUT2D eigenvalue weighted by Gasteiger charge is 2.32. The minimum Gasteiger partial charge on any atom is -0.508 e. The molecule has 0 unspecified atom stereocenters. The maximum atomic E-state index is 14.3. The number of aromatic amines is 1. The maximum absolute atomic E-state index is 14.3. The molecule has 6 amide bonds. The summed E-state index contributed by atoms with van der Waals surface area (Å²) in [5.74, 6) is -6.02. The first-order chi connectivity index (χ1) is 30.0. The number of nitrogens with one attached hydrogen (secondary N) is 7. The van der Waals surface area contributed by atoms with Crippen molar-refractivity contribution < 1.29 is 43.8 Å². The Morgan fingerprint density at radius 3 is 1.86 bits per heavy atom. The molecule has 63 heavy (non-hydrogen) atoms. The van der Waals surface area contributed by atoms with Gasteiger partial charge in [0.2, 0.25) is 35.4 Å². The molecule has 0 aliphatic carbocycles. The maximum Gasteiger partial charge on any atom is 0.325 e. The highest BCUT2D eigenvalue weighted by Crippen LogP contribution is 2.20. The number of H-pyrrole nitrogens is 1. The number of aliphatic imine (C=N–C) groups is 1. The van der Waals surface area contributed by atoms with Crippen molar-refractivity contribution in [1.29, 1.82) is 0 Å². The molecule has 20 nitrogen and oxygen atoms in total. The molecule has 6 atom stereocenters. The zero-order valence-electron chi connectivity index (χ0n) is 34.9. The fourth-order valence-corrected chi connectivity index (χ4v) is 6.40. The molecule has 4 rings (SSSR count). The van der Waals surface area contributed by atoms with Crippen molar-refractivity contribution in [1.82, 2.24) is 36.9 Å². The van der Waals surface area contributed by atoms with E-state index in [2.05, 4.69) is 41.9 Å². The third-order valence-corrected chi connectivity index (χ3v) is 9.82. The first-order valence-electron chi connectivity index (χ1n) is 20.2. The fraction of sp³-hybridized carbons (Fsp3) is 0.349. The molecule has 336 valence electrons. The number of fused-ring (bicyclic) bond motifs is 1. The molecule has 0 bridgehead atoms. The van der Waals surface area contributed by atoms with Gasteiger partial charge >= 0.3 is 5.97 Å². The number of carboxylic acids is 1. The number of para-hydroxylation sites is 1. The van der Waals surface area contributed by atoms with E-state index < -0.39 is 84.2 Å². The van der Waals surface area contributed by atoms with Crippen LogP contribution in [0.1, 0.15) is 43.4 Å². The highest BCUT2D eigenvalue weighted by atomic mass is 16.4. The summed E-state index contributed by atoms with van der Waals surface area (Å²) in [7, 11) is 0. The van der Waals surface area contributed by atoms with Crippen molar-refractivity contribution in [2.75, 3.05) is 13.1 Å². The van der Waals surface area contributed by atoms with Gasteiger partial charge in [-0.1, -0.05) is 60.7 Å². The summed E-state index contributed by atoms with van der Waals surface area (Å²) in [4.78, 5) is 99.9. The lowest BCUT2D eigenvalue weighted by Crippen LogP contribution is -2.59. The summed E-state index contributed by atoms with van der Waals surface area (Å²) in [6.45, 7) is 2.21. The molecule has 4 aromatic rings. The van der Waals surface area contributed by atoms with E-state index in [9.17, 15) is 43.8 Å². The number of nitrogens with two attached hydrogens (primary N) is 3. The molecule has 0 aliphatic rings. The van der Waals surface area contributed by atoms with E-state index >= 15 is 0 Å². The van der Waals surface area contributed by atoms with Crippen LogP contribution >= 0.6 is 0 Å². The van der Waals surface area contributed by atoms with Crippen LogP contribution in [0.25, 0.3) is 10.9 Å². The van der Waals surface area contributed by atoms with Gasteiger partial charge < -0.3 is 64.3 Å². The summed E-state index contributed by atoms with van der Waals surface area (Å²) >= 11 is 0. The molecule has 0 aliphatic heterocycles. The predicted molar refractivity (Wildman–Crippen MR) is 233 cm³/mol. The molecule has 0 spiro atoms. The zero-order chi connectivity index (χ0) is 46.1. The van der Waals surface area contributed by atoms with E-state index in [0.717, 1.165) is 16.5 Å². The summed E-state index contributed by atoms with van der Waals surface area (Å²) in [6, 6.07) is 14.7. The molecule has 3 aromatic carbocycles. The van der Waals surface area contributed by atoms with E-state index in [1.54, 1.807) is 42.6 Å². The van der Waals surface area contributed by atoms with Gasteiger partial charge in [0, 0.05) is 42.9 Å². The quantitative estimate of drug-likeness (QED) is 0.0241. The van der Waals surface area contributed by atoms with Crippen molar-refractivity contribution in [3.8, 4) is 5.75 Å². The first kappa shape index (κ1) is 48.2. The summed E-state index contributed by atoms with van der Waals surface area (Å²) in [5, 5.41) is 35.5. The van der Waals surface area contributed by atoms with Crippen LogP contribution in [0.15, 0.2) is 90.1 Å². The van der Waals surface area contributed by atoms with Gasteiger partial charge in [-0.25, -0.2) is 0 Å². The number of rotatable bonds is 23. The number of phenolic OH excluding ortho intramolecular Hbond substituents is 1. The van der Waals surface area contributed by atoms with Gasteiger partial charge in [-0.3, -0.25) is 38.6 Å². The normalized spacial score (nSPS) is 13.8. The Balaban J connectivity index is 1.58. The Labute approximate surface area is 363 Å². The largest absolute Gasteiger partial charge is 0.508 e. The zero-order valence-corrected chi connectivity index (χ0v) is 34.9. The molecular formula is C43H55N11O9. The molecule has 0 saturated heterocycles. The number of carboxylic acid groups (broad SMARTS) is 1. The molecule has 1 aromatic heterocycles. The Bertz CT molecular complexity index is 2240. The van der Waals surface area contributed by atoms with Gasteiger partial charge in [0.25, 0.3) is 0 Å². The number of nitrogens with zero attached hydrogens (tertiary/aromatic N) is 1.